The zero-order chi connectivity index (χ0) is 12.2. The van der Waals surface area contributed by atoms with E-state index in [1.807, 2.05) is 13.0 Å². The van der Waals surface area contributed by atoms with E-state index in [1.165, 1.54) is 0 Å². The summed E-state index contributed by atoms with van der Waals surface area (Å²) < 4.78 is 0. The van der Waals surface area contributed by atoms with Gasteiger partial charge in [-0.25, -0.2) is 9.97 Å². The minimum atomic E-state index is 0.106. The summed E-state index contributed by atoms with van der Waals surface area (Å²) in [6, 6.07) is 1.95. The molecule has 1 aromatic rings. The maximum absolute atomic E-state index is 5.76. The first-order valence-corrected chi connectivity index (χ1v) is 5.73. The fourth-order valence-electron chi connectivity index (χ4n) is 1.56. The topological polar surface area (TPSA) is 55.0 Å². The Kier molecular flexibility index (Phi) is 4.24. The number of hydrogen-bond donors (Lipinski definition) is 1. The molecule has 0 aliphatic heterocycles. The number of aromatic nitrogens is 2. The molecule has 0 radical (unpaired) electrons. The van der Waals surface area contributed by atoms with Crippen molar-refractivity contribution in [2.45, 2.75) is 27.7 Å². The van der Waals surface area contributed by atoms with Crippen molar-refractivity contribution in [2.75, 3.05) is 24.5 Å². The summed E-state index contributed by atoms with van der Waals surface area (Å²) in [5, 5.41) is 0. The van der Waals surface area contributed by atoms with Gasteiger partial charge in [0.05, 0.1) is 0 Å². The molecule has 0 amide bonds. The lowest BCUT2D eigenvalue weighted by atomic mass is 9.93. The Morgan fingerprint density at radius 1 is 1.44 bits per heavy atom. The Labute approximate surface area is 97.9 Å². The van der Waals surface area contributed by atoms with Crippen LogP contribution < -0.4 is 10.6 Å². The molecule has 2 N–H and O–H groups in total. The molecule has 4 heteroatoms. The van der Waals surface area contributed by atoms with Gasteiger partial charge in [-0.1, -0.05) is 13.8 Å². The van der Waals surface area contributed by atoms with Crippen molar-refractivity contribution >= 4 is 5.82 Å². The van der Waals surface area contributed by atoms with Crippen LogP contribution in [0.15, 0.2) is 12.3 Å². The quantitative estimate of drug-likeness (QED) is 0.822. The molecule has 1 heterocycles. The van der Waals surface area contributed by atoms with Gasteiger partial charge in [-0.05, 0) is 31.9 Å². The molecule has 0 bridgehead atoms. The average molecular weight is 222 g/mol. The first-order chi connectivity index (χ1) is 7.48. The van der Waals surface area contributed by atoms with Crippen molar-refractivity contribution in [3.05, 3.63) is 18.1 Å². The third-order valence-corrected chi connectivity index (χ3v) is 2.64. The number of rotatable bonds is 5. The second kappa shape index (κ2) is 5.25. The van der Waals surface area contributed by atoms with E-state index in [0.717, 1.165) is 24.7 Å². The van der Waals surface area contributed by atoms with Crippen molar-refractivity contribution in [3.8, 4) is 0 Å². The monoisotopic (exact) mass is 222 g/mol. The number of nitrogens with two attached hydrogens (primary N) is 1. The third kappa shape index (κ3) is 3.45. The summed E-state index contributed by atoms with van der Waals surface area (Å²) in [5.74, 6) is 1.79. The Hall–Kier alpha value is -1.16. The van der Waals surface area contributed by atoms with Crippen molar-refractivity contribution in [2.24, 2.45) is 11.1 Å². The van der Waals surface area contributed by atoms with E-state index in [2.05, 4.69) is 35.6 Å². The molecule has 0 atom stereocenters. The number of nitrogens with zero attached hydrogens (tertiary/aromatic N) is 3. The Balaban J connectivity index is 2.82. The van der Waals surface area contributed by atoms with Crippen LogP contribution in [-0.4, -0.2) is 29.6 Å². The van der Waals surface area contributed by atoms with Gasteiger partial charge >= 0.3 is 0 Å². The molecule has 0 unspecified atom stereocenters. The fraction of sp³-hybridized carbons (Fsp3) is 0.667. The Bertz CT molecular complexity index is 336. The number of hydrogen-bond acceptors (Lipinski definition) is 4. The van der Waals surface area contributed by atoms with Crippen LogP contribution in [0.5, 0.6) is 0 Å². The first kappa shape index (κ1) is 12.9. The highest BCUT2D eigenvalue weighted by Gasteiger charge is 2.20. The zero-order valence-electron chi connectivity index (χ0n) is 10.7. The Morgan fingerprint density at radius 2 is 2.12 bits per heavy atom. The van der Waals surface area contributed by atoms with E-state index in [1.54, 1.807) is 6.20 Å². The summed E-state index contributed by atoms with van der Waals surface area (Å²) in [5.41, 5.74) is 5.86. The minimum Gasteiger partial charge on any atom is -0.356 e. The van der Waals surface area contributed by atoms with Gasteiger partial charge in [0.15, 0.2) is 0 Å². The van der Waals surface area contributed by atoms with Crippen LogP contribution in [0.25, 0.3) is 0 Å². The van der Waals surface area contributed by atoms with Crippen LogP contribution >= 0.6 is 0 Å². The fourth-order valence-corrected chi connectivity index (χ4v) is 1.56. The molecule has 0 spiro atoms. The molecule has 16 heavy (non-hydrogen) atoms. The maximum Gasteiger partial charge on any atom is 0.132 e. The van der Waals surface area contributed by atoms with Crippen LogP contribution in [0.2, 0.25) is 0 Å². The largest absolute Gasteiger partial charge is 0.356 e. The van der Waals surface area contributed by atoms with E-state index in [0.29, 0.717) is 6.54 Å². The van der Waals surface area contributed by atoms with Crippen LogP contribution in [-0.2, 0) is 0 Å². The normalized spacial score (nSPS) is 11.6. The molecule has 1 rings (SSSR count). The highest BCUT2D eigenvalue weighted by molar-refractivity contribution is 5.37. The van der Waals surface area contributed by atoms with Crippen molar-refractivity contribution < 1.29 is 0 Å². The van der Waals surface area contributed by atoms with Gasteiger partial charge in [0.2, 0.25) is 0 Å². The molecule has 4 nitrogen and oxygen atoms in total. The Morgan fingerprint density at radius 3 is 2.62 bits per heavy atom. The van der Waals surface area contributed by atoms with Gasteiger partial charge in [0.25, 0.3) is 0 Å². The molecule has 90 valence electrons. The van der Waals surface area contributed by atoms with Gasteiger partial charge in [-0.3, -0.25) is 0 Å². The molecule has 0 aliphatic carbocycles. The summed E-state index contributed by atoms with van der Waals surface area (Å²) >= 11 is 0. The van der Waals surface area contributed by atoms with Gasteiger partial charge < -0.3 is 10.6 Å². The van der Waals surface area contributed by atoms with E-state index in [-0.39, 0.29) is 5.41 Å². The molecule has 1 aromatic heterocycles. The van der Waals surface area contributed by atoms with Gasteiger partial charge in [0, 0.05) is 19.3 Å². The highest BCUT2D eigenvalue weighted by Crippen LogP contribution is 2.19. The lowest BCUT2D eigenvalue weighted by Gasteiger charge is -2.31. The molecular weight excluding hydrogens is 200 g/mol. The van der Waals surface area contributed by atoms with E-state index < -0.39 is 0 Å². The lowest BCUT2D eigenvalue weighted by Crippen LogP contribution is -2.39. The van der Waals surface area contributed by atoms with E-state index in [4.69, 9.17) is 5.73 Å². The van der Waals surface area contributed by atoms with Gasteiger partial charge in [-0.15, -0.1) is 0 Å². The zero-order valence-corrected chi connectivity index (χ0v) is 10.7. The van der Waals surface area contributed by atoms with Crippen LogP contribution in [0.1, 0.15) is 26.6 Å². The van der Waals surface area contributed by atoms with Gasteiger partial charge in [0.1, 0.15) is 11.6 Å². The number of aryl methyl sites for hydroxylation is 1. The summed E-state index contributed by atoms with van der Waals surface area (Å²) in [7, 11) is 0. The van der Waals surface area contributed by atoms with Crippen LogP contribution in [0.3, 0.4) is 0 Å². The third-order valence-electron chi connectivity index (χ3n) is 2.64. The summed E-state index contributed by atoms with van der Waals surface area (Å²) in [4.78, 5) is 10.8. The van der Waals surface area contributed by atoms with Crippen molar-refractivity contribution in [1.82, 2.24) is 9.97 Å². The van der Waals surface area contributed by atoms with Crippen LogP contribution in [0, 0.1) is 12.3 Å². The van der Waals surface area contributed by atoms with E-state index >= 15 is 0 Å². The summed E-state index contributed by atoms with van der Waals surface area (Å²) in [6.45, 7) is 10.9. The van der Waals surface area contributed by atoms with Gasteiger partial charge in [-0.2, -0.15) is 0 Å². The lowest BCUT2D eigenvalue weighted by molar-refractivity contribution is 0.378. The predicted octanol–water partition coefficient (Wildman–Crippen LogP) is 1.60. The molecule has 0 saturated carbocycles. The van der Waals surface area contributed by atoms with Crippen LogP contribution in [0.4, 0.5) is 5.82 Å². The molecule has 0 saturated heterocycles. The smallest absolute Gasteiger partial charge is 0.132 e. The molecule has 0 aliphatic rings. The van der Waals surface area contributed by atoms with E-state index in [9.17, 15) is 0 Å². The average Bonchev–Trinajstić information content (AvgIpc) is 2.26. The SMILES string of the molecule is CCN(CC(C)(C)CN)c1ccnc(C)n1. The van der Waals surface area contributed by atoms with Crippen molar-refractivity contribution in [1.29, 1.82) is 0 Å². The highest BCUT2D eigenvalue weighted by atomic mass is 15.2. The second-order valence-electron chi connectivity index (χ2n) is 4.84. The molecule has 0 fully saturated rings. The second-order valence-corrected chi connectivity index (χ2v) is 4.84. The standard InChI is InChI=1S/C12H22N4/c1-5-16(9-12(3,4)8-13)11-6-7-14-10(2)15-11/h6-7H,5,8-9,13H2,1-4H3. The number of anilines is 1. The predicted molar refractivity (Wildman–Crippen MR) is 67.5 cm³/mol. The van der Waals surface area contributed by atoms with Crippen molar-refractivity contribution in [3.63, 3.8) is 0 Å². The maximum atomic E-state index is 5.76. The summed E-state index contributed by atoms with van der Waals surface area (Å²) in [6.07, 6.45) is 1.80. The molecule has 0 aromatic carbocycles. The first-order valence-electron chi connectivity index (χ1n) is 5.73. The molecular formula is C12H22N4. The minimum absolute atomic E-state index is 0.106.